The topological polar surface area (TPSA) is 24.9 Å². The molecule has 1 rings (SSSR count). The van der Waals surface area contributed by atoms with Crippen molar-refractivity contribution in [3.8, 4) is 0 Å². The number of aryl methyl sites for hydroxylation is 1. The lowest BCUT2D eigenvalue weighted by molar-refractivity contribution is 0.884. The molecule has 0 aromatic carbocycles. The number of aromatic nitrogens is 1. The first-order valence-electron chi connectivity index (χ1n) is 3.96. The van der Waals surface area contributed by atoms with Crippen LogP contribution >= 0.6 is 11.3 Å². The van der Waals surface area contributed by atoms with E-state index >= 15 is 0 Å². The number of hydrogen-bond acceptors (Lipinski definition) is 3. The van der Waals surface area contributed by atoms with Gasteiger partial charge in [-0.15, -0.1) is 11.3 Å². The van der Waals surface area contributed by atoms with E-state index in [1.165, 1.54) is 5.57 Å². The summed E-state index contributed by atoms with van der Waals surface area (Å²) < 4.78 is 0. The van der Waals surface area contributed by atoms with Gasteiger partial charge in [0.25, 0.3) is 0 Å². The van der Waals surface area contributed by atoms with Crippen LogP contribution in [0.4, 0.5) is 0 Å². The minimum Gasteiger partial charge on any atom is -0.316 e. The first kappa shape index (κ1) is 9.42. The minimum atomic E-state index is 0.927. The molecule has 1 aromatic heterocycles. The van der Waals surface area contributed by atoms with E-state index in [1.807, 2.05) is 14.0 Å². The van der Waals surface area contributed by atoms with Crippen molar-refractivity contribution < 1.29 is 0 Å². The van der Waals surface area contributed by atoms with E-state index in [4.69, 9.17) is 0 Å². The molecule has 66 valence electrons. The average molecular weight is 182 g/mol. The Balaban J connectivity index is 2.67. The summed E-state index contributed by atoms with van der Waals surface area (Å²) in [5, 5.41) is 6.30. The van der Waals surface area contributed by atoms with E-state index in [0.29, 0.717) is 0 Å². The number of nitrogens with one attached hydrogen (secondary N) is 1. The van der Waals surface area contributed by atoms with Gasteiger partial charge in [0.05, 0.1) is 10.7 Å². The van der Waals surface area contributed by atoms with Gasteiger partial charge >= 0.3 is 0 Å². The molecule has 0 aliphatic rings. The van der Waals surface area contributed by atoms with Gasteiger partial charge in [-0.05, 0) is 27.0 Å². The second-order valence-corrected chi connectivity index (χ2v) is 3.87. The summed E-state index contributed by atoms with van der Waals surface area (Å²) in [5.74, 6) is 0. The van der Waals surface area contributed by atoms with Gasteiger partial charge in [-0.2, -0.15) is 0 Å². The second kappa shape index (κ2) is 4.38. The molecule has 1 heterocycles. The molecule has 0 radical (unpaired) electrons. The zero-order valence-corrected chi connectivity index (χ0v) is 8.53. The highest BCUT2D eigenvalue weighted by Crippen LogP contribution is 2.10. The Bertz CT molecular complexity index is 276. The normalized spacial score (nSPS) is 12.1. The molecule has 0 bridgehead atoms. The molecule has 1 aromatic rings. The number of hydrogen-bond donors (Lipinski definition) is 1. The van der Waals surface area contributed by atoms with Gasteiger partial charge in [-0.3, -0.25) is 0 Å². The predicted molar refractivity (Wildman–Crippen MR) is 54.4 cm³/mol. The van der Waals surface area contributed by atoms with Gasteiger partial charge in [0.1, 0.15) is 0 Å². The molecular weight excluding hydrogens is 168 g/mol. The molecule has 0 saturated carbocycles. The highest BCUT2D eigenvalue weighted by molar-refractivity contribution is 7.09. The summed E-state index contributed by atoms with van der Waals surface area (Å²) in [5.41, 5.74) is 2.38. The van der Waals surface area contributed by atoms with Crippen LogP contribution in [0.25, 0.3) is 6.08 Å². The quantitative estimate of drug-likeness (QED) is 0.774. The summed E-state index contributed by atoms with van der Waals surface area (Å²) in [6, 6.07) is 0. The monoisotopic (exact) mass is 182 g/mol. The van der Waals surface area contributed by atoms with Crippen molar-refractivity contribution in [3.05, 3.63) is 21.7 Å². The van der Waals surface area contributed by atoms with Gasteiger partial charge in [-0.1, -0.05) is 5.57 Å². The summed E-state index contributed by atoms with van der Waals surface area (Å²) in [7, 11) is 1.95. The van der Waals surface area contributed by atoms with Gasteiger partial charge in [0.2, 0.25) is 0 Å². The average Bonchev–Trinajstić information content (AvgIpc) is 2.36. The molecule has 0 aliphatic carbocycles. The Kier molecular flexibility index (Phi) is 3.44. The molecule has 0 unspecified atom stereocenters. The predicted octanol–water partition coefficient (Wildman–Crippen LogP) is 2.07. The zero-order valence-electron chi connectivity index (χ0n) is 7.72. The lowest BCUT2D eigenvalue weighted by Crippen LogP contribution is -2.08. The summed E-state index contributed by atoms with van der Waals surface area (Å²) in [4.78, 5) is 4.35. The van der Waals surface area contributed by atoms with Crippen molar-refractivity contribution in [2.24, 2.45) is 0 Å². The maximum Gasteiger partial charge on any atom is 0.0901 e. The van der Waals surface area contributed by atoms with Crippen LogP contribution in [0.2, 0.25) is 0 Å². The van der Waals surface area contributed by atoms with Crippen molar-refractivity contribution >= 4 is 17.4 Å². The smallest absolute Gasteiger partial charge is 0.0901 e. The molecule has 3 heteroatoms. The van der Waals surface area contributed by atoms with E-state index in [9.17, 15) is 0 Å². The van der Waals surface area contributed by atoms with Gasteiger partial charge in [-0.25, -0.2) is 4.98 Å². The number of nitrogens with zero attached hydrogens (tertiary/aromatic N) is 1. The molecule has 12 heavy (non-hydrogen) atoms. The van der Waals surface area contributed by atoms with E-state index in [0.717, 1.165) is 17.2 Å². The molecule has 0 aliphatic heterocycles. The van der Waals surface area contributed by atoms with Crippen molar-refractivity contribution in [2.45, 2.75) is 13.8 Å². The van der Waals surface area contributed by atoms with Crippen molar-refractivity contribution in [1.29, 1.82) is 0 Å². The summed E-state index contributed by atoms with van der Waals surface area (Å²) >= 11 is 1.69. The molecule has 0 spiro atoms. The van der Waals surface area contributed by atoms with Gasteiger partial charge in [0.15, 0.2) is 0 Å². The third kappa shape index (κ3) is 2.75. The molecule has 2 nitrogen and oxygen atoms in total. The van der Waals surface area contributed by atoms with E-state index in [1.54, 1.807) is 11.3 Å². The fourth-order valence-corrected chi connectivity index (χ4v) is 1.60. The maximum absolute atomic E-state index is 4.35. The zero-order chi connectivity index (χ0) is 8.97. The highest BCUT2D eigenvalue weighted by atomic mass is 32.1. The molecular formula is C9H14N2S. The lowest BCUT2D eigenvalue weighted by atomic mass is 10.2. The Labute approximate surface area is 77.3 Å². The van der Waals surface area contributed by atoms with Crippen LogP contribution in [0, 0.1) is 6.92 Å². The van der Waals surface area contributed by atoms with Crippen molar-refractivity contribution in [2.75, 3.05) is 13.6 Å². The fourth-order valence-electron chi connectivity index (χ4n) is 1.03. The molecule has 1 N–H and O–H groups in total. The Morgan fingerprint density at radius 1 is 1.75 bits per heavy atom. The third-order valence-electron chi connectivity index (χ3n) is 1.49. The van der Waals surface area contributed by atoms with Gasteiger partial charge in [0, 0.05) is 11.9 Å². The van der Waals surface area contributed by atoms with Crippen LogP contribution in [0.3, 0.4) is 0 Å². The fraction of sp³-hybridized carbons (Fsp3) is 0.444. The summed E-state index contributed by atoms with van der Waals surface area (Å²) in [6.07, 6.45) is 2.11. The van der Waals surface area contributed by atoms with Crippen LogP contribution in [-0.4, -0.2) is 18.6 Å². The number of rotatable bonds is 3. The minimum absolute atomic E-state index is 0.927. The van der Waals surface area contributed by atoms with Gasteiger partial charge < -0.3 is 5.32 Å². The first-order chi connectivity index (χ1) is 5.72. The van der Waals surface area contributed by atoms with Crippen molar-refractivity contribution in [1.82, 2.24) is 10.3 Å². The number of likely N-dealkylation sites (N-methyl/N-ethyl adjacent to an activating group) is 1. The van der Waals surface area contributed by atoms with Crippen LogP contribution in [0.5, 0.6) is 0 Å². The van der Waals surface area contributed by atoms with Crippen LogP contribution in [0.1, 0.15) is 17.6 Å². The largest absolute Gasteiger partial charge is 0.316 e. The first-order valence-corrected chi connectivity index (χ1v) is 4.84. The molecule has 0 amide bonds. The van der Waals surface area contributed by atoms with Crippen molar-refractivity contribution in [3.63, 3.8) is 0 Å². The lowest BCUT2D eigenvalue weighted by Gasteiger charge is -1.96. The van der Waals surface area contributed by atoms with Crippen LogP contribution in [-0.2, 0) is 0 Å². The van der Waals surface area contributed by atoms with E-state index in [2.05, 4.69) is 28.7 Å². The SMILES string of the molecule is CNCC(C)=Cc1csc(C)n1. The van der Waals surface area contributed by atoms with Crippen LogP contribution in [0.15, 0.2) is 11.0 Å². The Morgan fingerprint density at radius 3 is 3.00 bits per heavy atom. The molecule has 0 atom stereocenters. The second-order valence-electron chi connectivity index (χ2n) is 2.81. The third-order valence-corrected chi connectivity index (χ3v) is 2.28. The molecule has 0 saturated heterocycles. The highest BCUT2D eigenvalue weighted by Gasteiger charge is 1.94. The van der Waals surface area contributed by atoms with E-state index in [-0.39, 0.29) is 0 Å². The Morgan fingerprint density at radius 2 is 2.50 bits per heavy atom. The standard InChI is InChI=1S/C9H14N2S/c1-7(5-10-3)4-9-6-12-8(2)11-9/h4,6,10H,5H2,1-3H3. The molecule has 0 fully saturated rings. The van der Waals surface area contributed by atoms with Crippen LogP contribution < -0.4 is 5.32 Å². The number of thiazole rings is 1. The van der Waals surface area contributed by atoms with E-state index < -0.39 is 0 Å². The Hall–Kier alpha value is -0.670. The maximum atomic E-state index is 4.35. The summed E-state index contributed by atoms with van der Waals surface area (Å²) in [6.45, 7) is 5.05.